The summed E-state index contributed by atoms with van der Waals surface area (Å²) in [5.41, 5.74) is -0.816. The molecule has 0 N–H and O–H groups in total. The van der Waals surface area contributed by atoms with E-state index in [0.717, 1.165) is 17.8 Å². The maximum absolute atomic E-state index is 13.1. The number of benzene rings is 1. The van der Waals surface area contributed by atoms with Gasteiger partial charge in [0.15, 0.2) is 0 Å². The number of nitrogens with zero attached hydrogens (tertiary/aromatic N) is 1. The number of carbonyl (C=O) groups excluding carboxylic acids is 1. The first-order valence-corrected chi connectivity index (χ1v) is 8.55. The van der Waals surface area contributed by atoms with Crippen molar-refractivity contribution in [1.82, 2.24) is 4.90 Å². The third-order valence-corrected chi connectivity index (χ3v) is 4.97. The lowest BCUT2D eigenvalue weighted by atomic mass is 10.1. The van der Waals surface area contributed by atoms with Gasteiger partial charge in [0, 0.05) is 18.2 Å². The molecule has 2 heterocycles. The van der Waals surface area contributed by atoms with E-state index in [0.29, 0.717) is 21.5 Å². The minimum absolute atomic E-state index is 0.0456. The van der Waals surface area contributed by atoms with Crippen LogP contribution in [0.1, 0.15) is 18.2 Å². The number of thiocarbonyl (C=S) groups is 1. The average molecular weight is 383 g/mol. The Bertz CT molecular complexity index is 871. The molecule has 130 valence electrons. The summed E-state index contributed by atoms with van der Waals surface area (Å²) in [7, 11) is 0. The fraction of sp³-hybridized carbons (Fsp3) is 0.176. The number of carbonyl (C=O) groups is 1. The van der Waals surface area contributed by atoms with Crippen LogP contribution in [-0.4, -0.2) is 21.7 Å². The summed E-state index contributed by atoms with van der Waals surface area (Å²) in [5.74, 6) is 0.153. The Morgan fingerprint density at radius 2 is 1.96 bits per heavy atom. The molecule has 1 aromatic carbocycles. The molecule has 0 unspecified atom stereocenters. The SMILES string of the molecule is CCN1C(=O)C(=Cc2ccc(-c3ccccc3C(F)(F)F)o2)SC1=S. The fourth-order valence-corrected chi connectivity index (χ4v) is 3.79. The first-order chi connectivity index (χ1) is 11.8. The highest BCUT2D eigenvalue weighted by Crippen LogP contribution is 2.38. The number of hydrogen-bond donors (Lipinski definition) is 0. The van der Waals surface area contributed by atoms with Gasteiger partial charge in [-0.2, -0.15) is 13.2 Å². The third-order valence-electron chi connectivity index (χ3n) is 3.59. The molecule has 0 saturated carbocycles. The smallest absolute Gasteiger partial charge is 0.417 e. The number of amides is 1. The molecule has 25 heavy (non-hydrogen) atoms. The summed E-state index contributed by atoms with van der Waals surface area (Å²) in [4.78, 5) is 14.0. The number of alkyl halides is 3. The van der Waals surface area contributed by atoms with E-state index in [1.54, 1.807) is 0 Å². The summed E-state index contributed by atoms with van der Waals surface area (Å²) < 4.78 is 45.3. The van der Waals surface area contributed by atoms with Gasteiger partial charge in [-0.15, -0.1) is 0 Å². The Labute approximate surface area is 151 Å². The summed E-state index contributed by atoms with van der Waals surface area (Å²) >= 11 is 6.26. The van der Waals surface area contributed by atoms with Gasteiger partial charge in [0.2, 0.25) is 0 Å². The van der Waals surface area contributed by atoms with E-state index >= 15 is 0 Å². The van der Waals surface area contributed by atoms with Crippen molar-refractivity contribution in [3.63, 3.8) is 0 Å². The largest absolute Gasteiger partial charge is 0.457 e. The summed E-state index contributed by atoms with van der Waals surface area (Å²) in [6.07, 6.45) is -2.98. The second-order valence-corrected chi connectivity index (χ2v) is 6.85. The van der Waals surface area contributed by atoms with Gasteiger partial charge >= 0.3 is 6.18 Å². The van der Waals surface area contributed by atoms with Gasteiger partial charge in [0.1, 0.15) is 15.8 Å². The van der Waals surface area contributed by atoms with Crippen molar-refractivity contribution in [2.75, 3.05) is 6.54 Å². The molecule has 0 bridgehead atoms. The molecule has 0 atom stereocenters. The van der Waals surface area contributed by atoms with Crippen LogP contribution in [-0.2, 0) is 11.0 Å². The monoisotopic (exact) mass is 383 g/mol. The minimum Gasteiger partial charge on any atom is -0.457 e. The maximum atomic E-state index is 13.1. The molecule has 0 radical (unpaired) electrons. The van der Waals surface area contributed by atoms with Crippen LogP contribution in [0.3, 0.4) is 0 Å². The predicted molar refractivity (Wildman–Crippen MR) is 94.7 cm³/mol. The zero-order valence-corrected chi connectivity index (χ0v) is 14.6. The van der Waals surface area contributed by atoms with E-state index in [1.165, 1.54) is 41.3 Å². The van der Waals surface area contributed by atoms with Crippen LogP contribution in [0.4, 0.5) is 13.2 Å². The molecule has 0 spiro atoms. The van der Waals surface area contributed by atoms with Crippen LogP contribution < -0.4 is 0 Å². The summed E-state index contributed by atoms with van der Waals surface area (Å²) in [5, 5.41) is 0. The van der Waals surface area contributed by atoms with Crippen LogP contribution in [0.5, 0.6) is 0 Å². The standard InChI is InChI=1S/C17H12F3NO2S2/c1-2-21-15(22)14(25-16(21)24)9-10-7-8-13(23-10)11-5-3-4-6-12(11)17(18,19)20/h3-9H,2H2,1H3. The highest BCUT2D eigenvalue weighted by Gasteiger charge is 2.34. The molecule has 1 aromatic heterocycles. The molecule has 8 heteroatoms. The molecule has 2 aromatic rings. The Hall–Kier alpha value is -2.06. The van der Waals surface area contributed by atoms with Gasteiger partial charge in [0.25, 0.3) is 5.91 Å². The lowest BCUT2D eigenvalue weighted by Crippen LogP contribution is -2.27. The number of hydrogen-bond acceptors (Lipinski definition) is 4. The van der Waals surface area contributed by atoms with Crippen molar-refractivity contribution in [2.45, 2.75) is 13.1 Å². The molecule has 3 rings (SSSR count). The zero-order valence-electron chi connectivity index (χ0n) is 13.0. The van der Waals surface area contributed by atoms with Gasteiger partial charge in [-0.05, 0) is 25.1 Å². The molecule has 0 aliphatic carbocycles. The lowest BCUT2D eigenvalue weighted by molar-refractivity contribution is -0.137. The fourth-order valence-electron chi connectivity index (χ4n) is 2.42. The molecule has 3 nitrogen and oxygen atoms in total. The van der Waals surface area contributed by atoms with Crippen LogP contribution in [0.2, 0.25) is 0 Å². The number of rotatable bonds is 3. The molecule has 1 fully saturated rings. The maximum Gasteiger partial charge on any atom is 0.417 e. The summed E-state index contributed by atoms with van der Waals surface area (Å²) in [6.45, 7) is 2.27. The second-order valence-electron chi connectivity index (χ2n) is 5.17. The molecule has 1 saturated heterocycles. The van der Waals surface area contributed by atoms with E-state index in [4.69, 9.17) is 16.6 Å². The Morgan fingerprint density at radius 3 is 2.60 bits per heavy atom. The number of thioether (sulfide) groups is 1. The first-order valence-electron chi connectivity index (χ1n) is 7.33. The number of likely N-dealkylation sites (N-methyl/N-ethyl adjacent to an activating group) is 1. The molecular weight excluding hydrogens is 371 g/mol. The van der Waals surface area contributed by atoms with Crippen molar-refractivity contribution in [3.8, 4) is 11.3 Å². The van der Waals surface area contributed by atoms with Gasteiger partial charge in [-0.3, -0.25) is 9.69 Å². The normalized spacial score (nSPS) is 17.0. The topological polar surface area (TPSA) is 33.5 Å². The molecule has 1 aliphatic rings. The van der Waals surface area contributed by atoms with E-state index in [9.17, 15) is 18.0 Å². The van der Waals surface area contributed by atoms with Crippen molar-refractivity contribution in [2.24, 2.45) is 0 Å². The number of furan rings is 1. The second kappa shape index (κ2) is 6.68. The average Bonchev–Trinajstić information content (AvgIpc) is 3.12. The predicted octanol–water partition coefficient (Wildman–Crippen LogP) is 5.19. The van der Waals surface area contributed by atoms with Crippen LogP contribution in [0.15, 0.2) is 45.7 Å². The Balaban J connectivity index is 1.94. The Kier molecular flexibility index (Phi) is 4.75. The lowest BCUT2D eigenvalue weighted by Gasteiger charge is -2.10. The highest BCUT2D eigenvalue weighted by atomic mass is 32.2. The van der Waals surface area contributed by atoms with Gasteiger partial charge in [-0.25, -0.2) is 0 Å². The zero-order chi connectivity index (χ0) is 18.2. The van der Waals surface area contributed by atoms with E-state index in [1.807, 2.05) is 6.92 Å². The quantitative estimate of drug-likeness (QED) is 0.540. The minimum atomic E-state index is -4.48. The van der Waals surface area contributed by atoms with Gasteiger partial charge < -0.3 is 4.42 Å². The van der Waals surface area contributed by atoms with Crippen molar-refractivity contribution in [1.29, 1.82) is 0 Å². The third kappa shape index (κ3) is 3.50. The molecular formula is C17H12F3NO2S2. The van der Waals surface area contributed by atoms with Crippen molar-refractivity contribution in [3.05, 3.63) is 52.6 Å². The molecule has 1 amide bonds. The Morgan fingerprint density at radius 1 is 1.24 bits per heavy atom. The van der Waals surface area contributed by atoms with Crippen molar-refractivity contribution >= 4 is 40.3 Å². The van der Waals surface area contributed by atoms with Gasteiger partial charge in [0.05, 0.1) is 10.5 Å². The van der Waals surface area contributed by atoms with Crippen molar-refractivity contribution < 1.29 is 22.4 Å². The van der Waals surface area contributed by atoms with Crippen LogP contribution >= 0.6 is 24.0 Å². The van der Waals surface area contributed by atoms with E-state index < -0.39 is 11.7 Å². The van der Waals surface area contributed by atoms with Crippen LogP contribution in [0, 0.1) is 0 Å². The van der Waals surface area contributed by atoms with E-state index in [2.05, 4.69) is 0 Å². The number of halogens is 3. The van der Waals surface area contributed by atoms with E-state index in [-0.39, 0.29) is 17.2 Å². The molecule has 1 aliphatic heterocycles. The highest BCUT2D eigenvalue weighted by molar-refractivity contribution is 8.26. The van der Waals surface area contributed by atoms with Gasteiger partial charge in [-0.1, -0.05) is 42.2 Å². The van der Waals surface area contributed by atoms with Crippen LogP contribution in [0.25, 0.3) is 17.4 Å². The summed E-state index contributed by atoms with van der Waals surface area (Å²) in [6, 6.07) is 8.18. The first kappa shape index (κ1) is 17.8.